The number of aromatic hydroxyl groups is 1. The third kappa shape index (κ3) is 4.06. The SMILES string of the molecule is O=c1ccnc[nH]1.Oc1ccccc1. The highest BCUT2D eigenvalue weighted by atomic mass is 16.3. The second kappa shape index (κ2) is 5.53. The molecule has 0 saturated heterocycles. The lowest BCUT2D eigenvalue weighted by atomic mass is 10.3. The van der Waals surface area contributed by atoms with Crippen LogP contribution < -0.4 is 5.56 Å². The summed E-state index contributed by atoms with van der Waals surface area (Å²) < 4.78 is 0. The summed E-state index contributed by atoms with van der Waals surface area (Å²) in [4.78, 5) is 16.1. The largest absolute Gasteiger partial charge is 0.508 e. The number of phenolic OH excluding ortho intramolecular Hbond substituents is 1. The van der Waals surface area contributed by atoms with Crippen LogP contribution in [-0.4, -0.2) is 15.1 Å². The van der Waals surface area contributed by atoms with Crippen molar-refractivity contribution in [3.63, 3.8) is 0 Å². The van der Waals surface area contributed by atoms with Crippen molar-refractivity contribution >= 4 is 0 Å². The fourth-order valence-electron chi connectivity index (χ4n) is 0.731. The average molecular weight is 190 g/mol. The maximum absolute atomic E-state index is 10.2. The summed E-state index contributed by atoms with van der Waals surface area (Å²) in [5.41, 5.74) is -0.116. The van der Waals surface area contributed by atoms with Gasteiger partial charge in [-0.05, 0) is 12.1 Å². The predicted molar refractivity (Wildman–Crippen MR) is 53.0 cm³/mol. The van der Waals surface area contributed by atoms with Gasteiger partial charge in [0, 0.05) is 12.3 Å². The first kappa shape index (κ1) is 9.98. The van der Waals surface area contributed by atoms with E-state index in [2.05, 4.69) is 9.97 Å². The molecule has 0 aliphatic heterocycles. The van der Waals surface area contributed by atoms with Gasteiger partial charge in [0.25, 0.3) is 5.56 Å². The molecule has 0 unspecified atom stereocenters. The monoisotopic (exact) mass is 190 g/mol. The van der Waals surface area contributed by atoms with Gasteiger partial charge >= 0.3 is 0 Å². The van der Waals surface area contributed by atoms with Crippen LogP contribution in [0.4, 0.5) is 0 Å². The molecule has 0 spiro atoms. The summed E-state index contributed by atoms with van der Waals surface area (Å²) >= 11 is 0. The first-order valence-corrected chi connectivity index (χ1v) is 4.02. The number of H-pyrrole nitrogens is 1. The molecule has 0 aliphatic rings. The number of nitrogens with one attached hydrogen (secondary N) is 1. The van der Waals surface area contributed by atoms with Gasteiger partial charge in [-0.25, -0.2) is 4.98 Å². The van der Waals surface area contributed by atoms with E-state index in [9.17, 15) is 4.79 Å². The Balaban J connectivity index is 0.000000140. The van der Waals surface area contributed by atoms with Crippen molar-refractivity contribution in [2.75, 3.05) is 0 Å². The zero-order chi connectivity index (χ0) is 10.2. The smallest absolute Gasteiger partial charge is 0.250 e. The molecule has 1 aromatic carbocycles. The summed E-state index contributed by atoms with van der Waals surface area (Å²) in [5, 5.41) is 8.63. The maximum atomic E-state index is 10.2. The van der Waals surface area contributed by atoms with Crippen molar-refractivity contribution < 1.29 is 5.11 Å². The number of hydrogen-bond acceptors (Lipinski definition) is 3. The number of aromatic amines is 1. The predicted octanol–water partition coefficient (Wildman–Crippen LogP) is 1.16. The molecule has 72 valence electrons. The number of para-hydroxylation sites is 1. The second-order valence-corrected chi connectivity index (χ2v) is 2.44. The molecular formula is C10H10N2O2. The molecule has 14 heavy (non-hydrogen) atoms. The molecule has 4 heteroatoms. The number of phenols is 1. The van der Waals surface area contributed by atoms with Crippen molar-refractivity contribution in [3.05, 3.63) is 59.3 Å². The zero-order valence-corrected chi connectivity index (χ0v) is 7.42. The highest BCUT2D eigenvalue weighted by molar-refractivity contribution is 5.18. The lowest BCUT2D eigenvalue weighted by Crippen LogP contribution is -2.00. The third-order valence-corrected chi connectivity index (χ3v) is 1.35. The van der Waals surface area contributed by atoms with Crippen molar-refractivity contribution in [1.29, 1.82) is 0 Å². The molecule has 0 bridgehead atoms. The number of benzene rings is 1. The van der Waals surface area contributed by atoms with Crippen LogP contribution >= 0.6 is 0 Å². The molecule has 0 aliphatic carbocycles. The molecule has 2 rings (SSSR count). The summed E-state index contributed by atoms with van der Waals surface area (Å²) in [7, 11) is 0. The summed E-state index contributed by atoms with van der Waals surface area (Å²) in [6.07, 6.45) is 2.79. The first-order valence-electron chi connectivity index (χ1n) is 4.02. The molecule has 1 heterocycles. The molecular weight excluding hydrogens is 180 g/mol. The van der Waals surface area contributed by atoms with Gasteiger partial charge < -0.3 is 10.1 Å². The zero-order valence-electron chi connectivity index (χ0n) is 7.42. The molecule has 2 aromatic rings. The molecule has 0 amide bonds. The van der Waals surface area contributed by atoms with Crippen LogP contribution in [0.15, 0.2) is 53.7 Å². The maximum Gasteiger partial charge on any atom is 0.250 e. The molecule has 0 atom stereocenters. The highest BCUT2D eigenvalue weighted by Gasteiger charge is 1.74. The van der Waals surface area contributed by atoms with E-state index >= 15 is 0 Å². The van der Waals surface area contributed by atoms with Crippen molar-refractivity contribution in [1.82, 2.24) is 9.97 Å². The average Bonchev–Trinajstić information content (AvgIpc) is 2.21. The molecule has 1 aromatic heterocycles. The van der Waals surface area contributed by atoms with Gasteiger partial charge in [0.1, 0.15) is 5.75 Å². The Kier molecular flexibility index (Phi) is 3.94. The molecule has 2 N–H and O–H groups in total. The summed E-state index contributed by atoms with van der Waals surface area (Å²) in [6, 6.07) is 10.1. The van der Waals surface area contributed by atoms with Gasteiger partial charge in [-0.3, -0.25) is 4.79 Å². The minimum absolute atomic E-state index is 0.116. The second-order valence-electron chi connectivity index (χ2n) is 2.44. The van der Waals surface area contributed by atoms with E-state index in [1.54, 1.807) is 24.3 Å². The molecule has 0 fully saturated rings. The summed E-state index contributed by atoms with van der Waals surface area (Å²) in [6.45, 7) is 0. The highest BCUT2D eigenvalue weighted by Crippen LogP contribution is 2.02. The Morgan fingerprint density at radius 2 is 1.86 bits per heavy atom. The fourth-order valence-corrected chi connectivity index (χ4v) is 0.731. The Hall–Kier alpha value is -2.10. The van der Waals surface area contributed by atoms with E-state index in [4.69, 9.17) is 5.11 Å². The molecule has 4 nitrogen and oxygen atoms in total. The van der Waals surface area contributed by atoms with Crippen LogP contribution in [0.25, 0.3) is 0 Å². The van der Waals surface area contributed by atoms with Gasteiger partial charge in [0.2, 0.25) is 0 Å². The third-order valence-electron chi connectivity index (χ3n) is 1.35. The van der Waals surface area contributed by atoms with E-state index < -0.39 is 0 Å². The fraction of sp³-hybridized carbons (Fsp3) is 0. The van der Waals surface area contributed by atoms with Crippen LogP contribution in [0, 0.1) is 0 Å². The van der Waals surface area contributed by atoms with Gasteiger partial charge in [-0.1, -0.05) is 18.2 Å². The van der Waals surface area contributed by atoms with Gasteiger partial charge in [0.05, 0.1) is 6.33 Å². The Morgan fingerprint density at radius 1 is 1.14 bits per heavy atom. The number of rotatable bonds is 0. The van der Waals surface area contributed by atoms with Crippen LogP contribution in [0.2, 0.25) is 0 Å². The number of aromatic nitrogens is 2. The minimum Gasteiger partial charge on any atom is -0.508 e. The van der Waals surface area contributed by atoms with E-state index in [0.29, 0.717) is 5.75 Å². The molecule has 0 saturated carbocycles. The van der Waals surface area contributed by atoms with Crippen molar-refractivity contribution in [2.45, 2.75) is 0 Å². The number of nitrogens with zero attached hydrogens (tertiary/aromatic N) is 1. The molecule has 0 radical (unpaired) electrons. The lowest BCUT2D eigenvalue weighted by molar-refractivity contribution is 0.475. The van der Waals surface area contributed by atoms with Gasteiger partial charge in [0.15, 0.2) is 0 Å². The van der Waals surface area contributed by atoms with Crippen LogP contribution in [0.1, 0.15) is 0 Å². The van der Waals surface area contributed by atoms with Crippen LogP contribution in [0.5, 0.6) is 5.75 Å². The Bertz CT molecular complexity index is 394. The normalized spacial score (nSPS) is 8.57. The van der Waals surface area contributed by atoms with Crippen molar-refractivity contribution in [3.8, 4) is 5.75 Å². The quantitative estimate of drug-likeness (QED) is 0.655. The van der Waals surface area contributed by atoms with E-state index in [1.807, 2.05) is 6.07 Å². The summed E-state index contributed by atoms with van der Waals surface area (Å²) in [5.74, 6) is 0.322. The number of hydrogen-bond donors (Lipinski definition) is 2. The van der Waals surface area contributed by atoms with Gasteiger partial charge in [-0.15, -0.1) is 0 Å². The van der Waals surface area contributed by atoms with E-state index in [-0.39, 0.29) is 5.56 Å². The van der Waals surface area contributed by atoms with E-state index in [0.717, 1.165) is 0 Å². The van der Waals surface area contributed by atoms with Crippen LogP contribution in [0.3, 0.4) is 0 Å². The topological polar surface area (TPSA) is 66.0 Å². The van der Waals surface area contributed by atoms with Gasteiger partial charge in [-0.2, -0.15) is 0 Å². The first-order chi connectivity index (χ1) is 6.79. The lowest BCUT2D eigenvalue weighted by Gasteiger charge is -1.82. The Labute approximate surface area is 80.9 Å². The van der Waals surface area contributed by atoms with Crippen molar-refractivity contribution in [2.24, 2.45) is 0 Å². The van der Waals surface area contributed by atoms with Crippen LogP contribution in [-0.2, 0) is 0 Å². The standard InChI is InChI=1S/C6H6O.C4H4N2O/c7-6-4-2-1-3-5-6;7-4-1-2-5-3-6-4/h1-5,7H;1-3H,(H,5,6,7). The van der Waals surface area contributed by atoms with E-state index in [1.165, 1.54) is 18.6 Å². The minimum atomic E-state index is -0.116. The Morgan fingerprint density at radius 3 is 2.14 bits per heavy atom.